The smallest absolute Gasteiger partial charge is 0.0685 e. The predicted octanol–water partition coefficient (Wildman–Crippen LogP) is 4.57. The summed E-state index contributed by atoms with van der Waals surface area (Å²) < 4.78 is 1.91. The topological polar surface area (TPSA) is 41.3 Å². The zero-order valence-electron chi connectivity index (χ0n) is 16.4. The van der Waals surface area contributed by atoms with Gasteiger partial charge in [-0.3, -0.25) is 4.90 Å². The first-order chi connectivity index (χ1) is 14.3. The maximum absolute atomic E-state index is 9.71. The van der Waals surface area contributed by atoms with Crippen LogP contribution in [0.1, 0.15) is 22.3 Å². The number of aliphatic hydroxyl groups excluding tert-OH is 1. The van der Waals surface area contributed by atoms with Gasteiger partial charge in [-0.1, -0.05) is 72.8 Å². The summed E-state index contributed by atoms with van der Waals surface area (Å²) in [6.45, 7) is 2.43. The highest BCUT2D eigenvalue weighted by atomic mass is 16.3. The molecule has 29 heavy (non-hydrogen) atoms. The van der Waals surface area contributed by atoms with Gasteiger partial charge in [0.15, 0.2) is 0 Å². The van der Waals surface area contributed by atoms with Crippen molar-refractivity contribution in [2.75, 3.05) is 0 Å². The molecular formula is C25H25N3O. The van der Waals surface area contributed by atoms with Crippen molar-refractivity contribution in [2.45, 2.75) is 26.2 Å². The third-order valence-electron chi connectivity index (χ3n) is 4.99. The lowest BCUT2D eigenvalue weighted by Crippen LogP contribution is -2.23. The first-order valence-corrected chi connectivity index (χ1v) is 9.85. The molecule has 0 amide bonds. The number of rotatable bonds is 8. The number of para-hydroxylation sites is 1. The van der Waals surface area contributed by atoms with E-state index in [0.717, 1.165) is 42.0 Å². The second kappa shape index (κ2) is 9.32. The third kappa shape index (κ3) is 4.99. The molecule has 4 rings (SSSR count). The average molecular weight is 383 g/mol. The molecule has 4 aromatic rings. The van der Waals surface area contributed by atoms with Gasteiger partial charge in [-0.2, -0.15) is 5.10 Å². The Balaban J connectivity index is 1.56. The second-order valence-electron chi connectivity index (χ2n) is 7.19. The van der Waals surface area contributed by atoms with Crippen molar-refractivity contribution < 1.29 is 5.11 Å². The van der Waals surface area contributed by atoms with Crippen molar-refractivity contribution in [1.29, 1.82) is 0 Å². The lowest BCUT2D eigenvalue weighted by Gasteiger charge is -2.23. The Bertz CT molecular complexity index is 1030. The maximum Gasteiger partial charge on any atom is 0.0685 e. The van der Waals surface area contributed by atoms with Crippen LogP contribution in [0, 0.1) is 0 Å². The van der Waals surface area contributed by atoms with Crippen molar-refractivity contribution in [3.63, 3.8) is 0 Å². The molecular weight excluding hydrogens is 358 g/mol. The molecule has 4 nitrogen and oxygen atoms in total. The van der Waals surface area contributed by atoms with E-state index in [2.05, 4.69) is 58.7 Å². The van der Waals surface area contributed by atoms with Crippen molar-refractivity contribution in [3.8, 4) is 5.69 Å². The third-order valence-corrected chi connectivity index (χ3v) is 4.99. The van der Waals surface area contributed by atoms with E-state index in [0.29, 0.717) is 0 Å². The van der Waals surface area contributed by atoms with Gasteiger partial charge < -0.3 is 5.11 Å². The Morgan fingerprint density at radius 3 is 2.03 bits per heavy atom. The maximum atomic E-state index is 9.71. The number of hydrogen-bond donors (Lipinski definition) is 1. The molecule has 0 fully saturated rings. The molecule has 0 aliphatic heterocycles. The van der Waals surface area contributed by atoms with Gasteiger partial charge in [-0.05, 0) is 28.8 Å². The molecule has 4 heteroatoms. The Morgan fingerprint density at radius 1 is 0.690 bits per heavy atom. The van der Waals surface area contributed by atoms with Crippen LogP contribution < -0.4 is 0 Å². The summed E-state index contributed by atoms with van der Waals surface area (Å²) in [7, 11) is 0. The Hall–Kier alpha value is -3.21. The minimum absolute atomic E-state index is 0.0568. The molecule has 1 N–H and O–H groups in total. The molecule has 1 heterocycles. The van der Waals surface area contributed by atoms with Gasteiger partial charge in [0.2, 0.25) is 0 Å². The van der Waals surface area contributed by atoms with E-state index in [9.17, 15) is 5.11 Å². The fourth-order valence-electron chi connectivity index (χ4n) is 3.54. The van der Waals surface area contributed by atoms with Gasteiger partial charge in [0.25, 0.3) is 0 Å². The largest absolute Gasteiger partial charge is 0.392 e. The normalized spacial score (nSPS) is 11.1. The van der Waals surface area contributed by atoms with E-state index < -0.39 is 0 Å². The standard InChI is InChI=1S/C25H25N3O/c29-20-24-12-8-7-11-23(24)19-27(16-21-9-3-1-4-10-21)17-22-15-26-28(18-22)25-13-5-2-6-14-25/h1-15,18,29H,16-17,19-20H2. The van der Waals surface area contributed by atoms with Gasteiger partial charge in [-0.15, -0.1) is 0 Å². The van der Waals surface area contributed by atoms with Crippen LogP contribution in [0.25, 0.3) is 5.69 Å². The van der Waals surface area contributed by atoms with Gasteiger partial charge >= 0.3 is 0 Å². The van der Waals surface area contributed by atoms with E-state index in [1.165, 1.54) is 5.56 Å². The van der Waals surface area contributed by atoms with Crippen LogP contribution in [0.3, 0.4) is 0 Å². The fraction of sp³-hybridized carbons (Fsp3) is 0.160. The summed E-state index contributed by atoms with van der Waals surface area (Å²) in [5.41, 5.74) is 5.61. The van der Waals surface area contributed by atoms with E-state index in [-0.39, 0.29) is 6.61 Å². The van der Waals surface area contributed by atoms with Gasteiger partial charge in [0.1, 0.15) is 0 Å². The van der Waals surface area contributed by atoms with Gasteiger partial charge in [0.05, 0.1) is 18.5 Å². The molecule has 0 atom stereocenters. The summed E-state index contributed by atoms with van der Waals surface area (Å²) in [5.74, 6) is 0. The second-order valence-corrected chi connectivity index (χ2v) is 7.19. The van der Waals surface area contributed by atoms with Crippen LogP contribution in [0.5, 0.6) is 0 Å². The van der Waals surface area contributed by atoms with Crippen molar-refractivity contribution in [2.24, 2.45) is 0 Å². The molecule has 0 radical (unpaired) electrons. The summed E-state index contributed by atoms with van der Waals surface area (Å²) in [6, 6.07) is 28.7. The lowest BCUT2D eigenvalue weighted by atomic mass is 10.1. The molecule has 0 aliphatic carbocycles. The van der Waals surface area contributed by atoms with Crippen LogP contribution in [0.4, 0.5) is 0 Å². The lowest BCUT2D eigenvalue weighted by molar-refractivity contribution is 0.240. The van der Waals surface area contributed by atoms with Crippen molar-refractivity contribution in [3.05, 3.63) is 120 Å². The van der Waals surface area contributed by atoms with Crippen molar-refractivity contribution in [1.82, 2.24) is 14.7 Å². The Morgan fingerprint density at radius 2 is 1.31 bits per heavy atom. The minimum Gasteiger partial charge on any atom is -0.392 e. The highest BCUT2D eigenvalue weighted by Gasteiger charge is 2.12. The SMILES string of the molecule is OCc1ccccc1CN(Cc1ccccc1)Cc1cnn(-c2ccccc2)c1. The zero-order valence-corrected chi connectivity index (χ0v) is 16.4. The van der Waals surface area contributed by atoms with Crippen LogP contribution in [0.15, 0.2) is 97.3 Å². The van der Waals surface area contributed by atoms with Crippen LogP contribution in [-0.2, 0) is 26.2 Å². The summed E-state index contributed by atoms with van der Waals surface area (Å²) in [6.07, 6.45) is 4.02. The molecule has 0 aliphatic rings. The molecule has 0 unspecified atom stereocenters. The van der Waals surface area contributed by atoms with Gasteiger partial charge in [-0.25, -0.2) is 4.68 Å². The van der Waals surface area contributed by atoms with Gasteiger partial charge in [0, 0.05) is 31.4 Å². The predicted molar refractivity (Wildman–Crippen MR) is 115 cm³/mol. The molecule has 0 saturated heterocycles. The highest BCUT2D eigenvalue weighted by Crippen LogP contribution is 2.18. The molecule has 0 saturated carbocycles. The highest BCUT2D eigenvalue weighted by molar-refractivity contribution is 5.31. The zero-order chi connectivity index (χ0) is 19.9. The quantitative estimate of drug-likeness (QED) is 0.485. The molecule has 0 spiro atoms. The van der Waals surface area contributed by atoms with Crippen molar-refractivity contribution >= 4 is 0 Å². The van der Waals surface area contributed by atoms with E-state index >= 15 is 0 Å². The summed E-state index contributed by atoms with van der Waals surface area (Å²) in [5, 5.41) is 14.2. The fourth-order valence-corrected chi connectivity index (χ4v) is 3.54. The monoisotopic (exact) mass is 383 g/mol. The first-order valence-electron chi connectivity index (χ1n) is 9.85. The van der Waals surface area contributed by atoms with E-state index in [1.807, 2.05) is 53.3 Å². The number of hydrogen-bond acceptors (Lipinski definition) is 3. The summed E-state index contributed by atoms with van der Waals surface area (Å²) in [4.78, 5) is 2.39. The number of benzene rings is 3. The van der Waals surface area contributed by atoms with Crippen LogP contribution in [-0.4, -0.2) is 19.8 Å². The molecule has 146 valence electrons. The Kier molecular flexibility index (Phi) is 6.15. The number of nitrogens with zero attached hydrogens (tertiary/aromatic N) is 3. The molecule has 1 aromatic heterocycles. The Labute approximate surface area is 171 Å². The average Bonchev–Trinajstić information content (AvgIpc) is 3.24. The molecule has 0 bridgehead atoms. The van der Waals surface area contributed by atoms with E-state index in [4.69, 9.17) is 0 Å². The first kappa shape index (κ1) is 19.1. The number of aliphatic hydroxyl groups is 1. The van der Waals surface area contributed by atoms with Crippen LogP contribution in [0.2, 0.25) is 0 Å². The van der Waals surface area contributed by atoms with Crippen LogP contribution >= 0.6 is 0 Å². The number of aromatic nitrogens is 2. The summed E-state index contributed by atoms with van der Waals surface area (Å²) >= 11 is 0. The minimum atomic E-state index is 0.0568. The van der Waals surface area contributed by atoms with E-state index in [1.54, 1.807) is 0 Å². The molecule has 3 aromatic carbocycles.